The van der Waals surface area contributed by atoms with Crippen molar-refractivity contribution in [2.24, 2.45) is 0 Å². The Hall–Kier alpha value is -3.46. The van der Waals surface area contributed by atoms with Gasteiger partial charge in [0.15, 0.2) is 0 Å². The van der Waals surface area contributed by atoms with Gasteiger partial charge >= 0.3 is 0 Å². The molecule has 9 heteroatoms. The van der Waals surface area contributed by atoms with Crippen LogP contribution in [0.25, 0.3) is 0 Å². The van der Waals surface area contributed by atoms with Gasteiger partial charge in [-0.05, 0) is 48.0 Å². The first-order valence-electron chi connectivity index (χ1n) is 11.1. The van der Waals surface area contributed by atoms with Gasteiger partial charge in [-0.1, -0.05) is 12.1 Å². The smallest absolute Gasteiger partial charge is 0.227 e. The van der Waals surface area contributed by atoms with Gasteiger partial charge in [0.2, 0.25) is 17.8 Å². The van der Waals surface area contributed by atoms with Crippen molar-refractivity contribution in [3.8, 4) is 0 Å². The summed E-state index contributed by atoms with van der Waals surface area (Å²) in [6.45, 7) is 2.70. The number of piperazine rings is 1. The van der Waals surface area contributed by atoms with E-state index in [0.717, 1.165) is 10.5 Å². The molecule has 0 aliphatic carbocycles. The van der Waals surface area contributed by atoms with Crippen molar-refractivity contribution >= 4 is 35.2 Å². The highest BCUT2D eigenvalue weighted by Crippen LogP contribution is 2.19. The number of aromatic nitrogens is 2. The quantitative estimate of drug-likeness (QED) is 0.497. The molecule has 1 aliphatic rings. The number of nitrogens with one attached hydrogen (secondary N) is 1. The molecule has 0 unspecified atom stereocenters. The number of carbonyl (C=O) groups excluding carboxylic acids is 2. The van der Waals surface area contributed by atoms with E-state index < -0.39 is 0 Å². The minimum atomic E-state index is -0.270. The fourth-order valence-electron chi connectivity index (χ4n) is 3.62. The average Bonchev–Trinajstić information content (AvgIpc) is 2.87. The van der Waals surface area contributed by atoms with Crippen LogP contribution in [0.4, 0.5) is 16.0 Å². The molecule has 2 heterocycles. The van der Waals surface area contributed by atoms with E-state index in [9.17, 15) is 14.0 Å². The van der Waals surface area contributed by atoms with E-state index in [1.165, 1.54) is 23.9 Å². The molecule has 2 amide bonds. The molecule has 34 heavy (non-hydrogen) atoms. The van der Waals surface area contributed by atoms with Gasteiger partial charge in [-0.15, -0.1) is 11.8 Å². The summed E-state index contributed by atoms with van der Waals surface area (Å²) in [7, 11) is 0. The van der Waals surface area contributed by atoms with Gasteiger partial charge in [0.05, 0.1) is 6.42 Å². The van der Waals surface area contributed by atoms with Crippen molar-refractivity contribution in [2.45, 2.75) is 17.7 Å². The van der Waals surface area contributed by atoms with E-state index in [1.807, 2.05) is 29.2 Å². The molecule has 0 radical (unpaired) electrons. The molecule has 3 aromatic rings. The van der Waals surface area contributed by atoms with Crippen LogP contribution >= 0.6 is 11.8 Å². The van der Waals surface area contributed by atoms with Gasteiger partial charge in [-0.2, -0.15) is 0 Å². The summed E-state index contributed by atoms with van der Waals surface area (Å²) < 4.78 is 12.9. The summed E-state index contributed by atoms with van der Waals surface area (Å²) >= 11 is 1.51. The second-order valence-corrected chi connectivity index (χ2v) is 9.06. The Labute approximate surface area is 202 Å². The van der Waals surface area contributed by atoms with Crippen molar-refractivity contribution in [1.29, 1.82) is 0 Å². The highest BCUT2D eigenvalue weighted by atomic mass is 32.2. The Bertz CT molecular complexity index is 1090. The molecule has 4 rings (SSSR count). The lowest BCUT2D eigenvalue weighted by molar-refractivity contribution is -0.130. The van der Waals surface area contributed by atoms with Crippen LogP contribution in [0.2, 0.25) is 0 Å². The summed E-state index contributed by atoms with van der Waals surface area (Å²) in [5.74, 6) is 1.03. The third-order valence-electron chi connectivity index (χ3n) is 5.47. The number of halogens is 1. The monoisotopic (exact) mass is 479 g/mol. The van der Waals surface area contributed by atoms with Crippen LogP contribution in [0.3, 0.4) is 0 Å². The topological polar surface area (TPSA) is 78.4 Å². The number of hydrogen-bond acceptors (Lipinski definition) is 6. The lowest BCUT2D eigenvalue weighted by Gasteiger charge is -2.34. The van der Waals surface area contributed by atoms with E-state index in [1.54, 1.807) is 30.6 Å². The highest BCUT2D eigenvalue weighted by molar-refractivity contribution is 7.99. The maximum absolute atomic E-state index is 12.9. The number of anilines is 2. The number of thioether (sulfide) groups is 1. The standard InChI is InChI=1S/C25H26FN5O2S/c26-20-4-8-22(9-5-20)34-17-10-23(32)29-21-6-2-19(3-7-21)18-24(33)30-13-15-31(16-14-30)25-27-11-1-12-28-25/h1-9,11-12H,10,13-18H2,(H,29,32). The van der Waals surface area contributed by atoms with Gasteiger partial charge in [0.25, 0.3) is 0 Å². The normalized spacial score (nSPS) is 13.6. The van der Waals surface area contributed by atoms with Crippen LogP contribution < -0.4 is 10.2 Å². The van der Waals surface area contributed by atoms with Crippen LogP contribution in [0.15, 0.2) is 71.9 Å². The first kappa shape index (κ1) is 23.7. The van der Waals surface area contributed by atoms with E-state index >= 15 is 0 Å². The summed E-state index contributed by atoms with van der Waals surface area (Å²) in [5.41, 5.74) is 1.60. The van der Waals surface area contributed by atoms with Crippen LogP contribution in [-0.2, 0) is 16.0 Å². The summed E-state index contributed by atoms with van der Waals surface area (Å²) in [6.07, 6.45) is 4.12. The molecule has 2 aromatic carbocycles. The molecule has 1 fully saturated rings. The zero-order chi connectivity index (χ0) is 23.8. The van der Waals surface area contributed by atoms with Crippen LogP contribution in [0.5, 0.6) is 0 Å². The van der Waals surface area contributed by atoms with Crippen LogP contribution in [-0.4, -0.2) is 58.6 Å². The lowest BCUT2D eigenvalue weighted by Crippen LogP contribution is -2.49. The third kappa shape index (κ3) is 6.77. The zero-order valence-electron chi connectivity index (χ0n) is 18.7. The predicted octanol–water partition coefficient (Wildman–Crippen LogP) is 3.63. The number of amides is 2. The van der Waals surface area contributed by atoms with Gasteiger partial charge in [0.1, 0.15) is 5.82 Å². The molecular formula is C25H26FN5O2S. The van der Waals surface area contributed by atoms with Gasteiger partial charge in [0, 0.05) is 61.3 Å². The zero-order valence-corrected chi connectivity index (χ0v) is 19.5. The Balaban J connectivity index is 1.18. The molecule has 0 saturated carbocycles. The molecule has 176 valence electrons. The highest BCUT2D eigenvalue weighted by Gasteiger charge is 2.22. The maximum Gasteiger partial charge on any atom is 0.227 e. The third-order valence-corrected chi connectivity index (χ3v) is 6.49. The molecule has 7 nitrogen and oxygen atoms in total. The van der Waals surface area contributed by atoms with Crippen LogP contribution in [0, 0.1) is 5.82 Å². The fourth-order valence-corrected chi connectivity index (χ4v) is 4.47. The molecular weight excluding hydrogens is 453 g/mol. The number of benzene rings is 2. The fraction of sp³-hybridized carbons (Fsp3) is 0.280. The maximum atomic E-state index is 12.9. The van der Waals surface area contributed by atoms with E-state index in [2.05, 4.69) is 20.2 Å². The summed E-state index contributed by atoms with van der Waals surface area (Å²) in [4.78, 5) is 38.3. The largest absolute Gasteiger partial charge is 0.339 e. The molecule has 1 aliphatic heterocycles. The molecule has 1 saturated heterocycles. The number of nitrogens with zero attached hydrogens (tertiary/aromatic N) is 4. The Morgan fingerprint density at radius 3 is 2.29 bits per heavy atom. The van der Waals surface area contributed by atoms with E-state index in [4.69, 9.17) is 0 Å². The average molecular weight is 480 g/mol. The lowest BCUT2D eigenvalue weighted by atomic mass is 10.1. The van der Waals surface area contributed by atoms with Gasteiger partial charge in [-0.3, -0.25) is 9.59 Å². The Morgan fingerprint density at radius 1 is 0.941 bits per heavy atom. The van der Waals surface area contributed by atoms with Crippen molar-refractivity contribution < 1.29 is 14.0 Å². The van der Waals surface area contributed by atoms with Gasteiger partial charge in [-0.25, -0.2) is 14.4 Å². The van der Waals surface area contributed by atoms with E-state index in [-0.39, 0.29) is 17.6 Å². The summed E-state index contributed by atoms with van der Waals surface area (Å²) in [5, 5.41) is 2.88. The second kappa shape index (κ2) is 11.6. The number of hydrogen-bond donors (Lipinski definition) is 1. The first-order chi connectivity index (χ1) is 16.6. The second-order valence-electron chi connectivity index (χ2n) is 7.89. The van der Waals surface area contributed by atoms with Crippen LogP contribution in [0.1, 0.15) is 12.0 Å². The predicted molar refractivity (Wildman–Crippen MR) is 131 cm³/mol. The Kier molecular flexibility index (Phi) is 8.08. The number of carbonyl (C=O) groups is 2. The minimum absolute atomic E-state index is 0.0845. The minimum Gasteiger partial charge on any atom is -0.339 e. The van der Waals surface area contributed by atoms with Crippen molar-refractivity contribution in [3.05, 3.63) is 78.4 Å². The first-order valence-corrected chi connectivity index (χ1v) is 12.1. The molecule has 0 atom stereocenters. The van der Waals surface area contributed by atoms with Crippen molar-refractivity contribution in [3.63, 3.8) is 0 Å². The molecule has 1 N–H and O–H groups in total. The summed E-state index contributed by atoms with van der Waals surface area (Å²) in [6, 6.07) is 15.4. The molecule has 0 bridgehead atoms. The van der Waals surface area contributed by atoms with Crippen molar-refractivity contribution in [2.75, 3.05) is 42.1 Å². The van der Waals surface area contributed by atoms with Crippen molar-refractivity contribution in [1.82, 2.24) is 14.9 Å². The van der Waals surface area contributed by atoms with E-state index in [0.29, 0.717) is 56.4 Å². The van der Waals surface area contributed by atoms with Gasteiger partial charge < -0.3 is 15.1 Å². The molecule has 0 spiro atoms. The molecule has 1 aromatic heterocycles. The Morgan fingerprint density at radius 2 is 1.62 bits per heavy atom. The SMILES string of the molecule is O=C(CCSc1ccc(F)cc1)Nc1ccc(CC(=O)N2CCN(c3ncccn3)CC2)cc1. The number of rotatable bonds is 8.